The second-order valence-electron chi connectivity index (χ2n) is 4.27. The standard InChI is InChI=1S/C10H18N6O2/c1-14(2)5-4-6-15(3)10-8(16(17)18)9(11)12-7-13-10/h7H,4-6H2,1-3H3,(H2,11,12,13). The zero-order valence-electron chi connectivity index (χ0n) is 10.8. The van der Waals surface area contributed by atoms with Crippen LogP contribution in [0.4, 0.5) is 17.3 Å². The SMILES string of the molecule is CN(C)CCCN(C)c1ncnc(N)c1[N+](=O)[O-]. The largest absolute Gasteiger partial charge is 0.378 e. The molecule has 0 aliphatic heterocycles. The first-order chi connectivity index (χ1) is 8.43. The Morgan fingerprint density at radius 3 is 2.56 bits per heavy atom. The van der Waals surface area contributed by atoms with E-state index in [-0.39, 0.29) is 17.3 Å². The lowest BCUT2D eigenvalue weighted by molar-refractivity contribution is -0.383. The molecule has 0 amide bonds. The van der Waals surface area contributed by atoms with Crippen LogP contribution in [-0.2, 0) is 0 Å². The van der Waals surface area contributed by atoms with E-state index in [9.17, 15) is 10.1 Å². The second-order valence-corrected chi connectivity index (χ2v) is 4.27. The summed E-state index contributed by atoms with van der Waals surface area (Å²) < 4.78 is 0. The van der Waals surface area contributed by atoms with Crippen molar-refractivity contribution in [2.24, 2.45) is 0 Å². The van der Waals surface area contributed by atoms with Gasteiger partial charge in [-0.2, -0.15) is 0 Å². The van der Waals surface area contributed by atoms with E-state index in [1.165, 1.54) is 6.33 Å². The van der Waals surface area contributed by atoms with E-state index in [0.29, 0.717) is 6.54 Å². The van der Waals surface area contributed by atoms with Crippen molar-refractivity contribution in [3.05, 3.63) is 16.4 Å². The number of hydrogen-bond acceptors (Lipinski definition) is 7. The van der Waals surface area contributed by atoms with Crippen molar-refractivity contribution in [1.82, 2.24) is 14.9 Å². The van der Waals surface area contributed by atoms with Gasteiger partial charge in [0, 0.05) is 13.6 Å². The fraction of sp³-hybridized carbons (Fsp3) is 0.600. The maximum absolute atomic E-state index is 10.9. The zero-order chi connectivity index (χ0) is 13.7. The smallest absolute Gasteiger partial charge is 0.353 e. The van der Waals surface area contributed by atoms with Crippen LogP contribution in [0.2, 0.25) is 0 Å². The molecular weight excluding hydrogens is 236 g/mol. The molecule has 0 saturated carbocycles. The topological polar surface area (TPSA) is 101 Å². The van der Waals surface area contributed by atoms with Crippen LogP contribution in [0, 0.1) is 10.1 Å². The van der Waals surface area contributed by atoms with Crippen molar-refractivity contribution in [1.29, 1.82) is 0 Å². The van der Waals surface area contributed by atoms with Gasteiger partial charge in [-0.1, -0.05) is 0 Å². The third-order valence-electron chi connectivity index (χ3n) is 2.47. The molecule has 1 aromatic heterocycles. The molecule has 2 N–H and O–H groups in total. The lowest BCUT2D eigenvalue weighted by atomic mass is 10.3. The third-order valence-corrected chi connectivity index (χ3v) is 2.47. The van der Waals surface area contributed by atoms with Gasteiger partial charge in [-0.3, -0.25) is 10.1 Å². The van der Waals surface area contributed by atoms with Crippen molar-refractivity contribution in [3.63, 3.8) is 0 Å². The van der Waals surface area contributed by atoms with Crippen LogP contribution in [-0.4, -0.2) is 54.0 Å². The molecule has 100 valence electrons. The average molecular weight is 254 g/mol. The Hall–Kier alpha value is -1.96. The molecule has 0 unspecified atom stereocenters. The van der Waals surface area contributed by atoms with Gasteiger partial charge < -0.3 is 15.5 Å². The maximum atomic E-state index is 10.9. The first-order valence-corrected chi connectivity index (χ1v) is 5.54. The van der Waals surface area contributed by atoms with Gasteiger partial charge in [0.25, 0.3) is 0 Å². The maximum Gasteiger partial charge on any atom is 0.353 e. The summed E-state index contributed by atoms with van der Waals surface area (Å²) in [6, 6.07) is 0. The van der Waals surface area contributed by atoms with Gasteiger partial charge in [0.05, 0.1) is 4.92 Å². The molecule has 1 heterocycles. The normalized spacial score (nSPS) is 10.7. The summed E-state index contributed by atoms with van der Waals surface area (Å²) in [5.41, 5.74) is 5.28. The third kappa shape index (κ3) is 3.52. The molecule has 18 heavy (non-hydrogen) atoms. The molecule has 0 aromatic carbocycles. The highest BCUT2D eigenvalue weighted by atomic mass is 16.6. The highest BCUT2D eigenvalue weighted by Gasteiger charge is 2.23. The molecule has 1 rings (SSSR count). The second kappa shape index (κ2) is 6.10. The Balaban J connectivity index is 2.82. The molecule has 0 saturated heterocycles. The number of hydrogen-bond donors (Lipinski definition) is 1. The van der Waals surface area contributed by atoms with E-state index in [2.05, 4.69) is 14.9 Å². The lowest BCUT2D eigenvalue weighted by Gasteiger charge is -2.19. The highest BCUT2D eigenvalue weighted by molar-refractivity contribution is 5.67. The van der Waals surface area contributed by atoms with E-state index in [1.807, 2.05) is 14.1 Å². The number of rotatable bonds is 6. The molecule has 0 aliphatic carbocycles. The van der Waals surface area contributed by atoms with E-state index in [1.54, 1.807) is 11.9 Å². The molecule has 8 nitrogen and oxygen atoms in total. The molecule has 0 radical (unpaired) electrons. The minimum absolute atomic E-state index is 0.107. The number of nitrogens with two attached hydrogens (primary N) is 1. The Morgan fingerprint density at radius 2 is 2.00 bits per heavy atom. The van der Waals surface area contributed by atoms with Crippen molar-refractivity contribution in [2.75, 3.05) is 44.9 Å². The minimum Gasteiger partial charge on any atom is -0.378 e. The van der Waals surface area contributed by atoms with Crippen LogP contribution in [0.25, 0.3) is 0 Å². The molecule has 0 aliphatic rings. The summed E-state index contributed by atoms with van der Waals surface area (Å²) in [7, 11) is 5.71. The number of nitrogens with zero attached hydrogens (tertiary/aromatic N) is 5. The highest BCUT2D eigenvalue weighted by Crippen LogP contribution is 2.28. The molecule has 1 aromatic rings. The van der Waals surface area contributed by atoms with Crippen LogP contribution >= 0.6 is 0 Å². The number of anilines is 2. The first-order valence-electron chi connectivity index (χ1n) is 5.54. The van der Waals surface area contributed by atoms with Crippen LogP contribution in [0.1, 0.15) is 6.42 Å². The van der Waals surface area contributed by atoms with Gasteiger partial charge in [-0.05, 0) is 27.1 Å². The van der Waals surface area contributed by atoms with Crippen molar-refractivity contribution < 1.29 is 4.92 Å². The van der Waals surface area contributed by atoms with Crippen molar-refractivity contribution >= 4 is 17.3 Å². The molecule has 0 atom stereocenters. The van der Waals surface area contributed by atoms with Gasteiger partial charge >= 0.3 is 5.69 Å². The monoisotopic (exact) mass is 254 g/mol. The van der Waals surface area contributed by atoms with Crippen LogP contribution in [0.3, 0.4) is 0 Å². The molecule has 0 fully saturated rings. The van der Waals surface area contributed by atoms with E-state index in [4.69, 9.17) is 5.73 Å². The summed E-state index contributed by atoms with van der Waals surface area (Å²) in [5.74, 6) is 0.149. The predicted octanol–water partition coefficient (Wildman–Crippen LogP) is 0.355. The summed E-state index contributed by atoms with van der Waals surface area (Å²) in [6.45, 7) is 1.56. The fourth-order valence-electron chi connectivity index (χ4n) is 1.57. The summed E-state index contributed by atoms with van der Waals surface area (Å²) in [4.78, 5) is 21.7. The lowest BCUT2D eigenvalue weighted by Crippen LogP contribution is -2.25. The zero-order valence-corrected chi connectivity index (χ0v) is 10.8. The van der Waals surface area contributed by atoms with Crippen LogP contribution < -0.4 is 10.6 Å². The van der Waals surface area contributed by atoms with Gasteiger partial charge in [0.2, 0.25) is 11.6 Å². The van der Waals surface area contributed by atoms with E-state index >= 15 is 0 Å². The Labute approximate surface area is 106 Å². The molecule has 0 bridgehead atoms. The Morgan fingerprint density at radius 1 is 1.33 bits per heavy atom. The summed E-state index contributed by atoms with van der Waals surface area (Å²) >= 11 is 0. The number of nitrogen functional groups attached to an aromatic ring is 1. The molecular formula is C10H18N6O2. The summed E-state index contributed by atoms with van der Waals surface area (Å²) in [5, 5.41) is 10.9. The number of aromatic nitrogens is 2. The molecule has 8 heteroatoms. The van der Waals surface area contributed by atoms with Crippen LogP contribution in [0.15, 0.2) is 6.33 Å². The van der Waals surface area contributed by atoms with Gasteiger partial charge in [-0.25, -0.2) is 9.97 Å². The quantitative estimate of drug-likeness (QED) is 0.577. The first kappa shape index (κ1) is 14.1. The van der Waals surface area contributed by atoms with Gasteiger partial charge in [0.1, 0.15) is 6.33 Å². The number of nitro groups is 1. The Bertz CT molecular complexity index is 423. The van der Waals surface area contributed by atoms with Crippen molar-refractivity contribution in [2.45, 2.75) is 6.42 Å². The molecule has 0 spiro atoms. The minimum atomic E-state index is -0.548. The van der Waals surface area contributed by atoms with E-state index < -0.39 is 4.92 Å². The predicted molar refractivity (Wildman–Crippen MR) is 69.5 cm³/mol. The van der Waals surface area contributed by atoms with Gasteiger partial charge in [-0.15, -0.1) is 0 Å². The average Bonchev–Trinajstić information content (AvgIpc) is 2.27. The van der Waals surface area contributed by atoms with Crippen LogP contribution in [0.5, 0.6) is 0 Å². The van der Waals surface area contributed by atoms with Crippen molar-refractivity contribution in [3.8, 4) is 0 Å². The fourth-order valence-corrected chi connectivity index (χ4v) is 1.57. The van der Waals surface area contributed by atoms with E-state index in [0.717, 1.165) is 13.0 Å². The van der Waals surface area contributed by atoms with Gasteiger partial charge in [0.15, 0.2) is 0 Å². The summed E-state index contributed by atoms with van der Waals surface area (Å²) in [6.07, 6.45) is 2.12. The Kier molecular flexibility index (Phi) is 4.78.